The van der Waals surface area contributed by atoms with Gasteiger partial charge in [-0.25, -0.2) is 4.98 Å². The van der Waals surface area contributed by atoms with Gasteiger partial charge in [0, 0.05) is 32.7 Å². The fourth-order valence-electron chi connectivity index (χ4n) is 3.49. The van der Waals surface area contributed by atoms with Gasteiger partial charge in [0.1, 0.15) is 18.9 Å². The van der Waals surface area contributed by atoms with Crippen LogP contribution < -0.4 is 10.3 Å². The molecule has 0 radical (unpaired) electrons. The van der Waals surface area contributed by atoms with Crippen LogP contribution in [0.15, 0.2) is 65.7 Å². The number of hydrogen-bond acceptors (Lipinski definition) is 5. The van der Waals surface area contributed by atoms with E-state index in [1.807, 2.05) is 41.3 Å². The van der Waals surface area contributed by atoms with Crippen molar-refractivity contribution in [3.8, 4) is 5.75 Å². The van der Waals surface area contributed by atoms with Gasteiger partial charge in [0.15, 0.2) is 0 Å². The average molecular weight is 392 g/mol. The molecule has 7 heteroatoms. The molecule has 0 N–H and O–H groups in total. The summed E-state index contributed by atoms with van der Waals surface area (Å²) in [6, 6.07) is 16.9. The molecule has 0 spiro atoms. The van der Waals surface area contributed by atoms with Crippen molar-refractivity contribution in [2.45, 2.75) is 6.54 Å². The number of nitrogens with zero attached hydrogens (tertiary/aromatic N) is 4. The van der Waals surface area contributed by atoms with Crippen molar-refractivity contribution in [2.24, 2.45) is 0 Å². The van der Waals surface area contributed by atoms with E-state index in [-0.39, 0.29) is 18.0 Å². The first-order valence-electron chi connectivity index (χ1n) is 9.83. The van der Waals surface area contributed by atoms with E-state index in [0.29, 0.717) is 30.6 Å². The molecule has 1 fully saturated rings. The molecule has 2 aromatic carbocycles. The Morgan fingerprint density at radius 2 is 1.69 bits per heavy atom. The van der Waals surface area contributed by atoms with E-state index in [9.17, 15) is 9.59 Å². The number of ether oxygens (including phenoxy) is 1. The fraction of sp³-hybridized carbons (Fsp3) is 0.318. The van der Waals surface area contributed by atoms with Gasteiger partial charge in [0.25, 0.3) is 5.56 Å². The topological polar surface area (TPSA) is 67.7 Å². The van der Waals surface area contributed by atoms with Crippen molar-refractivity contribution in [1.82, 2.24) is 19.4 Å². The van der Waals surface area contributed by atoms with Crippen LogP contribution in [0.25, 0.3) is 10.9 Å². The first-order valence-corrected chi connectivity index (χ1v) is 9.83. The molecule has 7 nitrogen and oxygen atoms in total. The fourth-order valence-corrected chi connectivity index (χ4v) is 3.49. The van der Waals surface area contributed by atoms with Gasteiger partial charge in [-0.3, -0.25) is 19.1 Å². The largest absolute Gasteiger partial charge is 0.492 e. The minimum Gasteiger partial charge on any atom is -0.492 e. The Morgan fingerprint density at radius 1 is 0.966 bits per heavy atom. The number of amides is 1. The molecule has 4 rings (SSSR count). The maximum Gasteiger partial charge on any atom is 0.261 e. The Kier molecular flexibility index (Phi) is 5.86. The molecule has 1 amide bonds. The van der Waals surface area contributed by atoms with Crippen LogP contribution in [0.1, 0.15) is 0 Å². The Labute approximate surface area is 169 Å². The summed E-state index contributed by atoms with van der Waals surface area (Å²) in [6.45, 7) is 4.37. The highest BCUT2D eigenvalue weighted by atomic mass is 16.5. The molecule has 1 aromatic heterocycles. The Hall–Kier alpha value is -3.19. The quantitative estimate of drug-likeness (QED) is 0.638. The SMILES string of the molecule is O=C(Cn1cnc2ccccc2c1=O)N1CCN(CCOc2ccccc2)CC1. The van der Waals surface area contributed by atoms with Crippen LogP contribution in [0.5, 0.6) is 5.75 Å². The number of carbonyl (C=O) groups excluding carboxylic acids is 1. The first kappa shape index (κ1) is 19.1. The zero-order valence-electron chi connectivity index (χ0n) is 16.2. The van der Waals surface area contributed by atoms with Gasteiger partial charge in [0.05, 0.1) is 17.2 Å². The molecule has 0 aliphatic carbocycles. The zero-order chi connectivity index (χ0) is 20.1. The van der Waals surface area contributed by atoms with Crippen molar-refractivity contribution >= 4 is 16.8 Å². The smallest absolute Gasteiger partial charge is 0.261 e. The van der Waals surface area contributed by atoms with Gasteiger partial charge in [-0.2, -0.15) is 0 Å². The third-order valence-electron chi connectivity index (χ3n) is 5.18. The molecule has 0 unspecified atom stereocenters. The lowest BCUT2D eigenvalue weighted by Crippen LogP contribution is -2.50. The molecule has 150 valence electrons. The van der Waals surface area contributed by atoms with Gasteiger partial charge in [-0.1, -0.05) is 30.3 Å². The van der Waals surface area contributed by atoms with Crippen LogP contribution in [0.4, 0.5) is 0 Å². The van der Waals surface area contributed by atoms with Crippen LogP contribution >= 0.6 is 0 Å². The Bertz CT molecular complexity index is 1030. The van der Waals surface area contributed by atoms with Gasteiger partial charge >= 0.3 is 0 Å². The number of rotatable bonds is 6. The molecule has 2 heterocycles. The summed E-state index contributed by atoms with van der Waals surface area (Å²) in [5.74, 6) is 0.820. The summed E-state index contributed by atoms with van der Waals surface area (Å²) in [4.78, 5) is 33.6. The highest BCUT2D eigenvalue weighted by molar-refractivity contribution is 5.79. The van der Waals surface area contributed by atoms with Crippen LogP contribution in [0, 0.1) is 0 Å². The molecule has 1 aliphatic rings. The minimum absolute atomic E-state index is 0.0216. The Balaban J connectivity index is 1.27. The van der Waals surface area contributed by atoms with Crippen molar-refractivity contribution in [3.63, 3.8) is 0 Å². The van der Waals surface area contributed by atoms with E-state index in [2.05, 4.69) is 9.88 Å². The number of aromatic nitrogens is 2. The summed E-state index contributed by atoms with van der Waals surface area (Å²) >= 11 is 0. The summed E-state index contributed by atoms with van der Waals surface area (Å²) in [6.07, 6.45) is 1.46. The standard InChI is InChI=1S/C22H24N4O3/c27-21(16-26-17-23-20-9-5-4-8-19(20)22(26)28)25-12-10-24(11-13-25)14-15-29-18-6-2-1-3-7-18/h1-9,17H,10-16H2. The number of piperazine rings is 1. The molecular formula is C22H24N4O3. The van der Waals surface area contributed by atoms with E-state index < -0.39 is 0 Å². The number of fused-ring (bicyclic) bond motifs is 1. The number of hydrogen-bond donors (Lipinski definition) is 0. The summed E-state index contributed by atoms with van der Waals surface area (Å²) in [5, 5.41) is 0.533. The number of benzene rings is 2. The lowest BCUT2D eigenvalue weighted by Gasteiger charge is -2.34. The van der Waals surface area contributed by atoms with E-state index in [1.54, 1.807) is 18.2 Å². The van der Waals surface area contributed by atoms with Gasteiger partial charge in [0.2, 0.25) is 5.91 Å². The van der Waals surface area contributed by atoms with Crippen molar-refractivity contribution in [1.29, 1.82) is 0 Å². The monoisotopic (exact) mass is 392 g/mol. The average Bonchev–Trinajstić information content (AvgIpc) is 2.77. The second kappa shape index (κ2) is 8.87. The second-order valence-electron chi connectivity index (χ2n) is 7.08. The van der Waals surface area contributed by atoms with E-state index in [4.69, 9.17) is 4.74 Å². The normalized spacial score (nSPS) is 14.8. The van der Waals surface area contributed by atoms with E-state index >= 15 is 0 Å². The van der Waals surface area contributed by atoms with E-state index in [0.717, 1.165) is 25.4 Å². The van der Waals surface area contributed by atoms with Crippen LogP contribution in [0.2, 0.25) is 0 Å². The van der Waals surface area contributed by atoms with Crippen LogP contribution in [-0.2, 0) is 11.3 Å². The minimum atomic E-state index is -0.180. The maximum absolute atomic E-state index is 12.7. The highest BCUT2D eigenvalue weighted by Crippen LogP contribution is 2.09. The third kappa shape index (κ3) is 4.63. The van der Waals surface area contributed by atoms with E-state index in [1.165, 1.54) is 10.9 Å². The van der Waals surface area contributed by atoms with Crippen LogP contribution in [0.3, 0.4) is 0 Å². The molecule has 0 saturated carbocycles. The molecule has 3 aromatic rings. The molecule has 1 saturated heterocycles. The lowest BCUT2D eigenvalue weighted by atomic mass is 10.2. The summed E-state index contributed by atoms with van der Waals surface area (Å²) in [5.41, 5.74) is 0.466. The molecule has 0 atom stereocenters. The molecule has 1 aliphatic heterocycles. The van der Waals surface area contributed by atoms with Gasteiger partial charge in [-0.05, 0) is 24.3 Å². The van der Waals surface area contributed by atoms with Crippen LogP contribution in [-0.4, -0.2) is 64.6 Å². The second-order valence-corrected chi connectivity index (χ2v) is 7.08. The molecular weight excluding hydrogens is 368 g/mol. The number of para-hydroxylation sites is 2. The summed E-state index contributed by atoms with van der Waals surface area (Å²) in [7, 11) is 0. The number of carbonyl (C=O) groups is 1. The molecule has 0 bridgehead atoms. The van der Waals surface area contributed by atoms with Gasteiger partial charge in [-0.15, -0.1) is 0 Å². The lowest BCUT2D eigenvalue weighted by molar-refractivity contribution is -0.133. The van der Waals surface area contributed by atoms with Crippen molar-refractivity contribution in [3.05, 3.63) is 71.3 Å². The molecule has 29 heavy (non-hydrogen) atoms. The first-order chi connectivity index (χ1) is 14.2. The summed E-state index contributed by atoms with van der Waals surface area (Å²) < 4.78 is 7.14. The predicted octanol–water partition coefficient (Wildman–Crippen LogP) is 1.62. The highest BCUT2D eigenvalue weighted by Gasteiger charge is 2.21. The third-order valence-corrected chi connectivity index (χ3v) is 5.18. The van der Waals surface area contributed by atoms with Crippen molar-refractivity contribution < 1.29 is 9.53 Å². The zero-order valence-corrected chi connectivity index (χ0v) is 16.2. The van der Waals surface area contributed by atoms with Crippen molar-refractivity contribution in [2.75, 3.05) is 39.3 Å². The predicted molar refractivity (Wildman–Crippen MR) is 111 cm³/mol. The Morgan fingerprint density at radius 3 is 2.48 bits per heavy atom. The maximum atomic E-state index is 12.7. The van der Waals surface area contributed by atoms with Gasteiger partial charge < -0.3 is 9.64 Å².